The summed E-state index contributed by atoms with van der Waals surface area (Å²) in [4.78, 5) is 11.3. The van der Waals surface area contributed by atoms with Crippen molar-refractivity contribution in [3.05, 3.63) is 166 Å². The predicted octanol–water partition coefficient (Wildman–Crippen LogP) is 23.7. The zero-order valence-corrected chi connectivity index (χ0v) is 49.9. The lowest BCUT2D eigenvalue weighted by Gasteiger charge is -2.16. The lowest BCUT2D eigenvalue weighted by atomic mass is 9.90. The van der Waals surface area contributed by atoms with E-state index >= 15 is 0 Å². The van der Waals surface area contributed by atoms with Gasteiger partial charge in [0, 0.05) is 76.6 Å². The molecule has 4 aromatic carbocycles. The van der Waals surface area contributed by atoms with Crippen molar-refractivity contribution in [2.24, 2.45) is 0 Å². The zero-order chi connectivity index (χ0) is 49.1. The van der Waals surface area contributed by atoms with Gasteiger partial charge in [-0.2, -0.15) is 0 Å². The Balaban J connectivity index is 0.759. The third kappa shape index (κ3) is 6.74. The molecule has 25 rings (SSSR count). The molecule has 0 saturated carbocycles. The van der Waals surface area contributed by atoms with Crippen LogP contribution in [0.25, 0.3) is 136 Å². The van der Waals surface area contributed by atoms with Crippen LogP contribution in [0.15, 0.2) is 121 Å². The van der Waals surface area contributed by atoms with Gasteiger partial charge in [-0.15, -0.1) is 136 Å². The molecule has 0 nitrogen and oxygen atoms in total. The first kappa shape index (κ1) is 44.2. The molecule has 0 unspecified atom stereocenters. The van der Waals surface area contributed by atoms with E-state index in [0.29, 0.717) is 0 Å². The molecule has 1 aliphatic heterocycles. The average Bonchev–Trinajstić information content (AvgIpc) is 4.33. The molecule has 0 spiro atoms. The van der Waals surface area contributed by atoms with Crippen LogP contribution >= 0.6 is 136 Å². The van der Waals surface area contributed by atoms with Gasteiger partial charge in [0.1, 0.15) is 0 Å². The Morgan fingerprint density at radius 1 is 0.184 bits per heavy atom. The van der Waals surface area contributed by atoms with Gasteiger partial charge >= 0.3 is 0 Å². The molecule has 28 bridgehead atoms. The van der Waals surface area contributed by atoms with Gasteiger partial charge in [-0.1, -0.05) is 72.8 Å². The molecule has 8 aliphatic carbocycles. The maximum absolute atomic E-state index is 2.55. The standard InChI is InChI=1S/C64H36S12/c1-9-33-14-6-30-2-10-34-13-5-29(1)17-37(33)41-21-49-57(69-41)61-53(65-49)25-45(73-61)46-26-55-63(75-46)59-51(67-55)23-43(71-59)39-19-31-3-11-35(39)15-7-32-4-12-36(16-8-31)40(20-32)44-24-52-60(72-44)64-56(68-52)28-48(76-64)47-27-54-62(74-47)58-50(66-54)22-42(70-58)38(34)18-30/h1-4,9-12,17-28H,5-8,13-16H2. The minimum absolute atomic E-state index is 1.03. The fraction of sp³-hybridized carbons (Fsp3) is 0.125. The van der Waals surface area contributed by atoms with Crippen molar-refractivity contribution in [2.45, 2.75) is 51.4 Å². The second kappa shape index (κ2) is 16.5. The highest BCUT2D eigenvalue weighted by Gasteiger charge is 2.25. The Morgan fingerprint density at radius 3 is 0.605 bits per heavy atom. The summed E-state index contributed by atoms with van der Waals surface area (Å²) < 4.78 is 23.2. The maximum Gasteiger partial charge on any atom is 0.0636 e. The van der Waals surface area contributed by atoms with E-state index in [1.807, 2.05) is 136 Å². The summed E-state index contributed by atoms with van der Waals surface area (Å²) in [5.74, 6) is 0. The molecule has 0 amide bonds. The number of hydrogen-bond donors (Lipinski definition) is 0. The molecule has 12 aromatic heterocycles. The summed E-state index contributed by atoms with van der Waals surface area (Å²) >= 11 is 24.1. The minimum atomic E-state index is 1.03. The molecule has 0 radical (unpaired) electrons. The smallest absolute Gasteiger partial charge is 0.0636 e. The van der Waals surface area contributed by atoms with Gasteiger partial charge in [0.15, 0.2) is 0 Å². The SMILES string of the molecule is c1cc2c3cc1CCc1ccc(cc1-c1cc4sc5cc(sc5c4s1)-c1cc4sc5cc(sc5c4s1)-c1cc4ccc1CCc1ccc(c(c1)-c1cc5sc6cc(sc6c5s1)-c1cc5sc6cc-3sc6c5s1)CC4)CC2. The predicted molar refractivity (Wildman–Crippen MR) is 350 cm³/mol. The molecule has 0 fully saturated rings. The summed E-state index contributed by atoms with van der Waals surface area (Å²) in [6.07, 6.45) is 8.28. The Bertz CT molecular complexity index is 4500. The topological polar surface area (TPSA) is 0 Å². The molecular formula is C64H36S12. The van der Waals surface area contributed by atoms with Gasteiger partial charge < -0.3 is 0 Å². The average molecular weight is 1190 g/mol. The van der Waals surface area contributed by atoms with Crippen molar-refractivity contribution in [1.82, 2.24) is 0 Å². The van der Waals surface area contributed by atoms with Gasteiger partial charge in [0.2, 0.25) is 0 Å². The molecule has 364 valence electrons. The number of hydrogen-bond acceptors (Lipinski definition) is 12. The molecular weight excluding hydrogens is 1150 g/mol. The van der Waals surface area contributed by atoms with E-state index in [2.05, 4.69) is 121 Å². The lowest BCUT2D eigenvalue weighted by Crippen LogP contribution is -2.01. The van der Waals surface area contributed by atoms with Crippen molar-refractivity contribution >= 4 is 211 Å². The van der Waals surface area contributed by atoms with Gasteiger partial charge in [-0.3, -0.25) is 0 Å². The van der Waals surface area contributed by atoms with Gasteiger partial charge in [0.05, 0.1) is 37.6 Å². The fourth-order valence-corrected chi connectivity index (χ4v) is 28.8. The minimum Gasteiger partial charge on any atom is -0.133 e. The Hall–Kier alpha value is -4.64. The maximum atomic E-state index is 2.55. The summed E-state index contributed by atoms with van der Waals surface area (Å²) in [6.45, 7) is 0. The molecule has 0 atom stereocenters. The lowest BCUT2D eigenvalue weighted by molar-refractivity contribution is 0.926. The van der Waals surface area contributed by atoms with Gasteiger partial charge in [0.25, 0.3) is 0 Å². The highest BCUT2D eigenvalue weighted by molar-refractivity contribution is 7.44. The fourth-order valence-electron chi connectivity index (χ4n) is 12.4. The van der Waals surface area contributed by atoms with E-state index in [4.69, 9.17) is 0 Å². The molecule has 9 aliphatic rings. The quantitative estimate of drug-likeness (QED) is 0.142. The van der Waals surface area contributed by atoms with Crippen molar-refractivity contribution in [3.63, 3.8) is 0 Å². The van der Waals surface area contributed by atoms with E-state index in [0.717, 1.165) is 51.4 Å². The molecule has 13 heterocycles. The number of aryl methyl sites for hydroxylation is 8. The highest BCUT2D eigenvalue weighted by atomic mass is 32.1. The summed E-state index contributed by atoms with van der Waals surface area (Å²) in [5.41, 5.74) is 17.4. The van der Waals surface area contributed by atoms with Crippen LogP contribution in [0.4, 0.5) is 0 Å². The third-order valence-corrected chi connectivity index (χ3v) is 31.9. The van der Waals surface area contributed by atoms with Crippen molar-refractivity contribution in [2.75, 3.05) is 0 Å². The summed E-state index contributed by atoms with van der Waals surface area (Å²) in [7, 11) is 0. The Labute approximate surface area is 484 Å². The van der Waals surface area contributed by atoms with E-state index in [9.17, 15) is 0 Å². The van der Waals surface area contributed by atoms with Crippen LogP contribution in [0.3, 0.4) is 0 Å². The van der Waals surface area contributed by atoms with Crippen LogP contribution in [0.1, 0.15) is 44.5 Å². The Kier molecular flexibility index (Phi) is 9.59. The van der Waals surface area contributed by atoms with Gasteiger partial charge in [-0.25, -0.2) is 0 Å². The van der Waals surface area contributed by atoms with Crippen molar-refractivity contribution in [1.29, 1.82) is 0 Å². The van der Waals surface area contributed by atoms with Crippen LogP contribution in [0.5, 0.6) is 0 Å². The van der Waals surface area contributed by atoms with Crippen LogP contribution < -0.4 is 0 Å². The van der Waals surface area contributed by atoms with Crippen molar-refractivity contribution in [3.8, 4) is 61.3 Å². The summed E-state index contributed by atoms with van der Waals surface area (Å²) in [5, 5.41) is 0. The largest absolute Gasteiger partial charge is 0.133 e. The molecule has 12 heteroatoms. The monoisotopic (exact) mass is 1190 g/mol. The number of thiophene rings is 12. The summed E-state index contributed by atoms with van der Waals surface area (Å²) in [6, 6.07) is 49.7. The Morgan fingerprint density at radius 2 is 0.382 bits per heavy atom. The second-order valence-electron chi connectivity index (χ2n) is 20.8. The number of fused-ring (bicyclic) bond motifs is 10. The van der Waals surface area contributed by atoms with Crippen LogP contribution in [-0.2, 0) is 51.4 Å². The third-order valence-electron chi connectivity index (χ3n) is 16.3. The first-order chi connectivity index (χ1) is 37.5. The number of rotatable bonds is 0. The first-order valence-electron chi connectivity index (χ1n) is 25.8. The highest BCUT2D eigenvalue weighted by Crippen LogP contribution is 2.56. The van der Waals surface area contributed by atoms with E-state index < -0.39 is 0 Å². The van der Waals surface area contributed by atoms with Gasteiger partial charge in [-0.05, 0) is 167 Å². The van der Waals surface area contributed by atoms with Crippen LogP contribution in [0.2, 0.25) is 0 Å². The van der Waals surface area contributed by atoms with E-state index in [-0.39, 0.29) is 0 Å². The van der Waals surface area contributed by atoms with E-state index in [1.165, 1.54) is 181 Å². The van der Waals surface area contributed by atoms with E-state index in [1.54, 1.807) is 0 Å². The normalized spacial score (nSPS) is 14.4. The molecule has 0 N–H and O–H groups in total. The molecule has 0 saturated heterocycles. The number of benzene rings is 4. The van der Waals surface area contributed by atoms with Crippen LogP contribution in [-0.4, -0.2) is 0 Å². The zero-order valence-electron chi connectivity index (χ0n) is 40.1. The molecule has 76 heavy (non-hydrogen) atoms. The first-order valence-corrected chi connectivity index (χ1v) is 35.6. The second-order valence-corrected chi connectivity index (χ2v) is 33.6. The molecule has 16 aromatic rings. The van der Waals surface area contributed by atoms with Crippen LogP contribution in [0, 0.1) is 0 Å². The van der Waals surface area contributed by atoms with Crippen molar-refractivity contribution < 1.29 is 0 Å².